The van der Waals surface area contributed by atoms with E-state index in [0.717, 1.165) is 87.3 Å². The molecule has 0 aromatic carbocycles. The highest BCUT2D eigenvalue weighted by molar-refractivity contribution is 5.12. The van der Waals surface area contributed by atoms with Crippen molar-refractivity contribution >= 4 is 0 Å². The van der Waals surface area contributed by atoms with Crippen molar-refractivity contribution in [1.29, 1.82) is 0 Å². The van der Waals surface area contributed by atoms with Crippen LogP contribution < -0.4 is 0 Å². The van der Waals surface area contributed by atoms with E-state index in [1.165, 1.54) is 0 Å². The standard InChI is InChI=1S/C36H54/c1-22-2-24-3-23(1)14-34(13-22,15-24)31-10-32(35-16-25-4-26(17-35)6-27(5-25)18-35)12-33(11-31)36-19-28-7-29(20-36)9-30(8-28)21-36/h22-33H,1-21H2. The normalized spacial score (nSPS) is 66.0. The summed E-state index contributed by atoms with van der Waals surface area (Å²) in [5.74, 6) is 13.7. The molecule has 13 saturated carbocycles. The van der Waals surface area contributed by atoms with Gasteiger partial charge in [-0.25, -0.2) is 0 Å². The summed E-state index contributed by atoms with van der Waals surface area (Å²) >= 11 is 0. The van der Waals surface area contributed by atoms with Crippen molar-refractivity contribution in [3.63, 3.8) is 0 Å². The van der Waals surface area contributed by atoms with E-state index in [-0.39, 0.29) is 0 Å². The Balaban J connectivity index is 1.03. The first-order valence-electron chi connectivity index (χ1n) is 17.5. The second-order valence-corrected chi connectivity index (χ2v) is 18.6. The van der Waals surface area contributed by atoms with E-state index >= 15 is 0 Å². The topological polar surface area (TPSA) is 0 Å². The fourth-order valence-electron chi connectivity index (χ4n) is 16.9. The maximum Gasteiger partial charge on any atom is -0.0261 e. The van der Waals surface area contributed by atoms with Gasteiger partial charge in [0.15, 0.2) is 0 Å². The third-order valence-corrected chi connectivity index (χ3v) is 16.6. The molecule has 0 aromatic heterocycles. The molecule has 0 nitrogen and oxygen atoms in total. The molecule has 0 N–H and O–H groups in total. The largest absolute Gasteiger partial charge is 0.0475 e. The highest BCUT2D eigenvalue weighted by Crippen LogP contribution is 2.72. The Morgan fingerprint density at radius 1 is 0.222 bits per heavy atom. The molecule has 13 aliphatic carbocycles. The van der Waals surface area contributed by atoms with Crippen molar-refractivity contribution in [3.8, 4) is 0 Å². The maximum atomic E-state index is 1.71. The molecule has 0 spiro atoms. The summed E-state index contributed by atoms with van der Waals surface area (Å²) in [7, 11) is 0. The van der Waals surface area contributed by atoms with E-state index in [1.807, 2.05) is 0 Å². The van der Waals surface area contributed by atoms with Gasteiger partial charge in [0, 0.05) is 0 Å². The predicted molar refractivity (Wildman–Crippen MR) is 146 cm³/mol. The average Bonchev–Trinajstić information content (AvgIpc) is 2.81. The maximum absolute atomic E-state index is 1.71. The minimum atomic E-state index is 0.816. The fourth-order valence-corrected chi connectivity index (χ4v) is 16.9. The summed E-state index contributed by atoms with van der Waals surface area (Å²) < 4.78 is 0. The highest BCUT2D eigenvalue weighted by Gasteiger charge is 2.62. The van der Waals surface area contributed by atoms with Crippen molar-refractivity contribution < 1.29 is 0 Å². The zero-order valence-electron chi connectivity index (χ0n) is 23.3. The first kappa shape index (κ1) is 21.8. The van der Waals surface area contributed by atoms with E-state index in [0.29, 0.717) is 0 Å². The predicted octanol–water partition coefficient (Wildman–Crippen LogP) is 9.67. The van der Waals surface area contributed by atoms with Crippen LogP contribution in [0, 0.1) is 87.3 Å². The summed E-state index contributed by atoms with van der Waals surface area (Å²) in [5, 5.41) is 0. The lowest BCUT2D eigenvalue weighted by Crippen LogP contribution is -2.57. The highest BCUT2D eigenvalue weighted by atomic mass is 14.7. The van der Waals surface area contributed by atoms with E-state index in [2.05, 4.69) is 0 Å². The van der Waals surface area contributed by atoms with Crippen LogP contribution in [0.25, 0.3) is 0 Å². The SMILES string of the molecule is C1C2CC3CC1CC(C1CC(C45CC6CC(CC(C6)C4)C5)CC(C45CC6CC(CC(C6)C4)C5)C1)(C2)C3. The van der Waals surface area contributed by atoms with Crippen molar-refractivity contribution in [3.05, 3.63) is 0 Å². The van der Waals surface area contributed by atoms with Gasteiger partial charge in [-0.15, -0.1) is 0 Å². The Morgan fingerprint density at radius 3 is 0.556 bits per heavy atom. The molecular formula is C36H54. The monoisotopic (exact) mass is 486 g/mol. The molecule has 0 radical (unpaired) electrons. The van der Waals surface area contributed by atoms with Crippen molar-refractivity contribution in [2.75, 3.05) is 0 Å². The molecule has 13 aliphatic rings. The van der Waals surface area contributed by atoms with Gasteiger partial charge < -0.3 is 0 Å². The zero-order valence-corrected chi connectivity index (χ0v) is 23.3. The van der Waals surface area contributed by atoms with E-state index in [4.69, 9.17) is 0 Å². The van der Waals surface area contributed by atoms with Crippen LogP contribution in [0.15, 0.2) is 0 Å². The van der Waals surface area contributed by atoms with Gasteiger partial charge in [-0.2, -0.15) is 0 Å². The first-order valence-corrected chi connectivity index (χ1v) is 17.5. The van der Waals surface area contributed by atoms with Gasteiger partial charge in [-0.1, -0.05) is 0 Å². The molecule has 0 aliphatic heterocycles. The molecule has 0 aromatic rings. The third kappa shape index (κ3) is 3.01. The lowest BCUT2D eigenvalue weighted by atomic mass is 9.38. The van der Waals surface area contributed by atoms with Crippen LogP contribution in [0.4, 0.5) is 0 Å². The summed E-state index contributed by atoms with van der Waals surface area (Å²) in [6, 6.07) is 0. The second-order valence-electron chi connectivity index (χ2n) is 18.6. The summed E-state index contributed by atoms with van der Waals surface area (Å²) in [6.07, 6.45) is 35.1. The minimum absolute atomic E-state index is 0.816. The fraction of sp³-hybridized carbons (Fsp3) is 1.00. The van der Waals surface area contributed by atoms with Crippen LogP contribution >= 0.6 is 0 Å². The lowest BCUT2D eigenvalue weighted by Gasteiger charge is -2.67. The molecule has 0 atom stereocenters. The number of rotatable bonds is 3. The van der Waals surface area contributed by atoms with Gasteiger partial charge in [0.2, 0.25) is 0 Å². The Morgan fingerprint density at radius 2 is 0.389 bits per heavy atom. The van der Waals surface area contributed by atoms with Gasteiger partial charge in [-0.3, -0.25) is 0 Å². The number of hydrogen-bond acceptors (Lipinski definition) is 0. The van der Waals surface area contributed by atoms with Crippen LogP contribution in [0.5, 0.6) is 0 Å². The number of hydrogen-bond donors (Lipinski definition) is 0. The summed E-state index contributed by atoms with van der Waals surface area (Å²) in [5.41, 5.74) is 2.45. The first-order chi connectivity index (χ1) is 17.5. The van der Waals surface area contributed by atoms with Gasteiger partial charge in [0.1, 0.15) is 0 Å². The zero-order chi connectivity index (χ0) is 23.3. The van der Waals surface area contributed by atoms with E-state index in [1.54, 1.807) is 135 Å². The lowest BCUT2D eigenvalue weighted by molar-refractivity contribution is -0.167. The molecule has 36 heavy (non-hydrogen) atoms. The molecule has 198 valence electrons. The van der Waals surface area contributed by atoms with E-state index < -0.39 is 0 Å². The van der Waals surface area contributed by atoms with Gasteiger partial charge in [0.25, 0.3) is 0 Å². The molecule has 13 rings (SSSR count). The van der Waals surface area contributed by atoms with Crippen molar-refractivity contribution in [2.24, 2.45) is 87.3 Å². The second kappa shape index (κ2) is 7.19. The molecule has 0 heterocycles. The van der Waals surface area contributed by atoms with Crippen LogP contribution in [0.2, 0.25) is 0 Å². The van der Waals surface area contributed by atoms with Crippen LogP contribution in [-0.2, 0) is 0 Å². The van der Waals surface area contributed by atoms with Gasteiger partial charge >= 0.3 is 0 Å². The Kier molecular flexibility index (Phi) is 4.35. The van der Waals surface area contributed by atoms with E-state index in [9.17, 15) is 0 Å². The summed E-state index contributed by atoms with van der Waals surface area (Å²) in [4.78, 5) is 0. The minimum Gasteiger partial charge on any atom is -0.0475 e. The smallest absolute Gasteiger partial charge is 0.0261 e. The Labute approximate surface area is 221 Å². The molecule has 13 fully saturated rings. The van der Waals surface area contributed by atoms with Gasteiger partial charge in [-0.05, 0) is 222 Å². The van der Waals surface area contributed by atoms with Gasteiger partial charge in [0.05, 0.1) is 0 Å². The summed E-state index contributed by atoms with van der Waals surface area (Å²) in [6.45, 7) is 0. The molecule has 0 heteroatoms. The molecule has 0 amide bonds. The molecule has 0 unspecified atom stereocenters. The average molecular weight is 487 g/mol. The van der Waals surface area contributed by atoms with Crippen molar-refractivity contribution in [2.45, 2.75) is 135 Å². The third-order valence-electron chi connectivity index (χ3n) is 16.6. The quantitative estimate of drug-likeness (QED) is 0.372. The Bertz CT molecular complexity index is 692. The van der Waals surface area contributed by atoms with Crippen molar-refractivity contribution in [1.82, 2.24) is 0 Å². The molecule has 12 bridgehead atoms. The molecule has 0 saturated heterocycles. The Hall–Kier alpha value is 0. The van der Waals surface area contributed by atoms with Crippen LogP contribution in [0.3, 0.4) is 0 Å². The van der Waals surface area contributed by atoms with Crippen LogP contribution in [0.1, 0.15) is 135 Å². The molecular weight excluding hydrogens is 432 g/mol. The van der Waals surface area contributed by atoms with Crippen LogP contribution in [-0.4, -0.2) is 0 Å².